The van der Waals surface area contributed by atoms with Gasteiger partial charge >= 0.3 is 6.18 Å². The van der Waals surface area contributed by atoms with E-state index < -0.39 is 23.7 Å². The van der Waals surface area contributed by atoms with Crippen molar-refractivity contribution in [3.8, 4) is 0 Å². The number of alkyl halides is 3. The summed E-state index contributed by atoms with van der Waals surface area (Å²) < 4.78 is 52.1. The first-order valence-electron chi connectivity index (χ1n) is 5.71. The van der Waals surface area contributed by atoms with Gasteiger partial charge in [0.05, 0.1) is 5.56 Å². The fourth-order valence-electron chi connectivity index (χ4n) is 1.93. The van der Waals surface area contributed by atoms with Gasteiger partial charge in [0.1, 0.15) is 11.9 Å². The Labute approximate surface area is 124 Å². The molecular formula is C14H12ClF4NO. The number of hydrogen-bond acceptors (Lipinski definition) is 2. The first-order valence-corrected chi connectivity index (χ1v) is 5.71. The van der Waals surface area contributed by atoms with Crippen LogP contribution in [-0.4, -0.2) is 0 Å². The number of halogens is 5. The Morgan fingerprint density at radius 2 is 1.57 bits per heavy atom. The highest BCUT2D eigenvalue weighted by Crippen LogP contribution is 2.35. The molecule has 0 saturated carbocycles. The molecule has 2 aromatic carbocycles. The average molecular weight is 322 g/mol. The third-order valence-electron chi connectivity index (χ3n) is 2.85. The van der Waals surface area contributed by atoms with E-state index >= 15 is 0 Å². The average Bonchev–Trinajstić information content (AvgIpc) is 2.41. The second-order valence-corrected chi connectivity index (χ2v) is 4.13. The van der Waals surface area contributed by atoms with Crippen LogP contribution >= 0.6 is 12.4 Å². The summed E-state index contributed by atoms with van der Waals surface area (Å²) in [5, 5.41) is 0. The SMILES string of the molecule is Cl.NOC(c1ccccc1)c1cccc(C(F)(F)F)c1F. The normalized spacial score (nSPS) is 12.6. The number of benzene rings is 2. The van der Waals surface area contributed by atoms with E-state index in [4.69, 9.17) is 5.90 Å². The lowest BCUT2D eigenvalue weighted by molar-refractivity contribution is -0.140. The van der Waals surface area contributed by atoms with E-state index in [1.807, 2.05) is 0 Å². The quantitative estimate of drug-likeness (QED) is 0.677. The molecule has 0 aromatic heterocycles. The number of nitrogens with two attached hydrogens (primary N) is 1. The van der Waals surface area contributed by atoms with E-state index in [2.05, 4.69) is 4.84 Å². The van der Waals surface area contributed by atoms with Crippen LogP contribution in [0.25, 0.3) is 0 Å². The predicted molar refractivity (Wildman–Crippen MR) is 72.2 cm³/mol. The smallest absolute Gasteiger partial charge is 0.292 e. The molecular weight excluding hydrogens is 310 g/mol. The molecule has 0 saturated heterocycles. The van der Waals surface area contributed by atoms with Crippen LogP contribution in [0.3, 0.4) is 0 Å². The van der Waals surface area contributed by atoms with Crippen LogP contribution in [0.4, 0.5) is 17.6 Å². The van der Waals surface area contributed by atoms with E-state index in [9.17, 15) is 17.6 Å². The molecule has 2 N–H and O–H groups in total. The van der Waals surface area contributed by atoms with E-state index in [1.165, 1.54) is 6.07 Å². The minimum Gasteiger partial charge on any atom is -0.292 e. The molecule has 2 aromatic rings. The van der Waals surface area contributed by atoms with Gasteiger partial charge < -0.3 is 0 Å². The van der Waals surface area contributed by atoms with E-state index in [1.54, 1.807) is 30.3 Å². The number of rotatable bonds is 3. The second-order valence-electron chi connectivity index (χ2n) is 4.13. The van der Waals surface area contributed by atoms with Gasteiger partial charge in [-0.15, -0.1) is 12.4 Å². The maximum atomic E-state index is 14.0. The van der Waals surface area contributed by atoms with Crippen molar-refractivity contribution in [1.82, 2.24) is 0 Å². The molecule has 2 rings (SSSR count). The van der Waals surface area contributed by atoms with Crippen LogP contribution in [0, 0.1) is 5.82 Å². The molecule has 0 amide bonds. The van der Waals surface area contributed by atoms with Crippen molar-refractivity contribution in [2.24, 2.45) is 5.90 Å². The van der Waals surface area contributed by atoms with E-state index in [-0.39, 0.29) is 18.0 Å². The first kappa shape index (κ1) is 17.4. The molecule has 21 heavy (non-hydrogen) atoms. The van der Waals surface area contributed by atoms with E-state index in [0.29, 0.717) is 11.6 Å². The van der Waals surface area contributed by atoms with Crippen molar-refractivity contribution < 1.29 is 22.4 Å². The zero-order valence-electron chi connectivity index (χ0n) is 10.6. The second kappa shape index (κ2) is 6.89. The molecule has 0 aliphatic rings. The Bertz CT molecular complexity index is 589. The highest BCUT2D eigenvalue weighted by Gasteiger charge is 2.36. The fourth-order valence-corrected chi connectivity index (χ4v) is 1.93. The Morgan fingerprint density at radius 3 is 2.10 bits per heavy atom. The van der Waals surface area contributed by atoms with Crippen molar-refractivity contribution in [2.75, 3.05) is 0 Å². The maximum Gasteiger partial charge on any atom is 0.419 e. The van der Waals surface area contributed by atoms with Crippen LogP contribution < -0.4 is 5.90 Å². The Kier molecular flexibility index (Phi) is 5.71. The summed E-state index contributed by atoms with van der Waals surface area (Å²) in [6.45, 7) is 0. The van der Waals surface area contributed by atoms with Gasteiger partial charge in [0, 0.05) is 5.56 Å². The van der Waals surface area contributed by atoms with Gasteiger partial charge in [-0.1, -0.05) is 42.5 Å². The molecule has 1 unspecified atom stereocenters. The lowest BCUT2D eigenvalue weighted by atomic mass is 9.98. The minimum atomic E-state index is -4.77. The predicted octanol–water partition coefficient (Wildman–Crippen LogP) is 4.25. The molecule has 2 nitrogen and oxygen atoms in total. The van der Waals surface area contributed by atoms with E-state index in [0.717, 1.165) is 6.07 Å². The van der Waals surface area contributed by atoms with Crippen molar-refractivity contribution in [3.05, 3.63) is 71.0 Å². The largest absolute Gasteiger partial charge is 0.419 e. The standard InChI is InChI=1S/C14H11F4NO.ClH/c15-12-10(7-4-8-11(12)14(16,17)18)13(20-19)9-5-2-1-3-6-9;/h1-8,13H,19H2;1H. The van der Waals surface area contributed by atoms with Gasteiger partial charge in [0.25, 0.3) is 0 Å². The molecule has 0 radical (unpaired) electrons. The molecule has 0 fully saturated rings. The Balaban J connectivity index is 0.00000220. The summed E-state index contributed by atoms with van der Waals surface area (Å²) in [5.41, 5.74) is -1.13. The van der Waals surface area contributed by atoms with Crippen LogP contribution in [0.1, 0.15) is 22.8 Å². The van der Waals surface area contributed by atoms with Crippen molar-refractivity contribution in [3.63, 3.8) is 0 Å². The molecule has 0 aliphatic carbocycles. The summed E-state index contributed by atoms with van der Waals surface area (Å²) in [7, 11) is 0. The lowest BCUT2D eigenvalue weighted by Crippen LogP contribution is -2.16. The van der Waals surface area contributed by atoms with Crippen molar-refractivity contribution >= 4 is 12.4 Å². The molecule has 7 heteroatoms. The summed E-state index contributed by atoms with van der Waals surface area (Å²) in [5.74, 6) is 3.74. The fraction of sp³-hybridized carbons (Fsp3) is 0.143. The van der Waals surface area contributed by atoms with Gasteiger partial charge in [-0.2, -0.15) is 13.2 Å². The maximum absolute atomic E-state index is 14.0. The minimum absolute atomic E-state index is 0. The van der Waals surface area contributed by atoms with Crippen LogP contribution in [0.15, 0.2) is 48.5 Å². The highest BCUT2D eigenvalue weighted by atomic mass is 35.5. The Hall–Kier alpha value is -1.63. The summed E-state index contributed by atoms with van der Waals surface area (Å²) in [6, 6.07) is 11.2. The third kappa shape index (κ3) is 3.72. The van der Waals surface area contributed by atoms with Crippen LogP contribution in [0.5, 0.6) is 0 Å². The zero-order valence-corrected chi connectivity index (χ0v) is 11.4. The van der Waals surface area contributed by atoms with Crippen LogP contribution in [0.2, 0.25) is 0 Å². The van der Waals surface area contributed by atoms with Gasteiger partial charge in [0.15, 0.2) is 0 Å². The van der Waals surface area contributed by atoms with Gasteiger partial charge in [0.2, 0.25) is 0 Å². The van der Waals surface area contributed by atoms with Gasteiger partial charge in [-0.25, -0.2) is 10.3 Å². The molecule has 0 bridgehead atoms. The first-order chi connectivity index (χ1) is 9.45. The monoisotopic (exact) mass is 321 g/mol. The molecule has 0 aliphatic heterocycles. The number of hydrogen-bond donors (Lipinski definition) is 1. The third-order valence-corrected chi connectivity index (χ3v) is 2.85. The molecule has 0 spiro atoms. The van der Waals surface area contributed by atoms with Gasteiger partial charge in [-0.05, 0) is 11.6 Å². The molecule has 1 atom stereocenters. The Morgan fingerprint density at radius 1 is 0.952 bits per heavy atom. The van der Waals surface area contributed by atoms with Crippen molar-refractivity contribution in [2.45, 2.75) is 12.3 Å². The molecule has 114 valence electrons. The lowest BCUT2D eigenvalue weighted by Gasteiger charge is -2.18. The molecule has 0 heterocycles. The van der Waals surface area contributed by atoms with Gasteiger partial charge in [-0.3, -0.25) is 4.84 Å². The van der Waals surface area contributed by atoms with Crippen molar-refractivity contribution in [1.29, 1.82) is 0 Å². The summed E-state index contributed by atoms with van der Waals surface area (Å²) in [6.07, 6.45) is -5.87. The summed E-state index contributed by atoms with van der Waals surface area (Å²) >= 11 is 0. The highest BCUT2D eigenvalue weighted by molar-refractivity contribution is 5.85. The topological polar surface area (TPSA) is 35.2 Å². The zero-order chi connectivity index (χ0) is 14.8. The van der Waals surface area contributed by atoms with Crippen LogP contribution in [-0.2, 0) is 11.0 Å². The summed E-state index contributed by atoms with van der Waals surface area (Å²) in [4.78, 5) is 4.66.